The minimum absolute atomic E-state index is 0.723. The summed E-state index contributed by atoms with van der Waals surface area (Å²) in [5.41, 5.74) is 6.61. The highest BCUT2D eigenvalue weighted by molar-refractivity contribution is 7.46. The van der Waals surface area contributed by atoms with Gasteiger partial charge in [-0.15, -0.1) is 0 Å². The molecule has 0 amide bonds. The van der Waals surface area contributed by atoms with E-state index in [1.54, 1.807) is 0 Å². The SMILES string of the molecule is c1ccc2c(c1)Cc1cccn1P(Oc1cc(-c3c(OP4Oc5ccccc5Cc5cccn54)ccc4ccccc34)c3ccccc3c1)O2. The van der Waals surface area contributed by atoms with Crippen molar-refractivity contribution in [2.24, 2.45) is 0 Å². The van der Waals surface area contributed by atoms with Crippen LogP contribution in [0.25, 0.3) is 32.7 Å². The van der Waals surface area contributed by atoms with Gasteiger partial charge < -0.3 is 18.1 Å². The van der Waals surface area contributed by atoms with Crippen LogP contribution in [-0.4, -0.2) is 8.68 Å². The molecular weight excluding hydrogens is 658 g/mol. The van der Waals surface area contributed by atoms with Gasteiger partial charge in [0.15, 0.2) is 0 Å². The Morgan fingerprint density at radius 3 is 1.78 bits per heavy atom. The molecule has 2 aromatic heterocycles. The minimum Gasteiger partial charge on any atom is -0.423 e. The fourth-order valence-electron chi connectivity index (χ4n) is 6.99. The van der Waals surface area contributed by atoms with E-state index in [0.29, 0.717) is 0 Å². The fourth-order valence-corrected chi connectivity index (χ4v) is 9.78. The van der Waals surface area contributed by atoms with E-state index < -0.39 is 17.1 Å². The molecule has 0 aliphatic carbocycles. The number of aromatic nitrogens is 2. The van der Waals surface area contributed by atoms with Crippen molar-refractivity contribution in [2.75, 3.05) is 0 Å². The first-order chi connectivity index (χ1) is 24.7. The zero-order chi connectivity index (χ0) is 33.0. The van der Waals surface area contributed by atoms with Crippen molar-refractivity contribution in [2.45, 2.75) is 12.8 Å². The predicted molar refractivity (Wildman–Crippen MR) is 201 cm³/mol. The van der Waals surface area contributed by atoms with Crippen molar-refractivity contribution in [1.29, 1.82) is 0 Å². The van der Waals surface area contributed by atoms with Gasteiger partial charge in [0.2, 0.25) is 0 Å². The molecule has 0 radical (unpaired) electrons. The van der Waals surface area contributed by atoms with Crippen LogP contribution in [0, 0.1) is 0 Å². The molecule has 4 heterocycles. The lowest BCUT2D eigenvalue weighted by molar-refractivity contribution is 0.480. The van der Waals surface area contributed by atoms with Gasteiger partial charge in [0.25, 0.3) is 0 Å². The molecule has 0 fully saturated rings. The van der Waals surface area contributed by atoms with E-state index in [0.717, 1.165) is 91.0 Å². The number of benzene rings is 6. The molecule has 50 heavy (non-hydrogen) atoms. The van der Waals surface area contributed by atoms with E-state index in [9.17, 15) is 0 Å². The van der Waals surface area contributed by atoms with Crippen molar-refractivity contribution >= 4 is 38.6 Å². The number of hydrogen-bond acceptors (Lipinski definition) is 4. The quantitative estimate of drug-likeness (QED) is 0.169. The average molecular weight is 689 g/mol. The highest BCUT2D eigenvalue weighted by Gasteiger charge is 2.29. The molecule has 8 heteroatoms. The molecule has 0 spiro atoms. The maximum absolute atomic E-state index is 7.04. The third-order valence-corrected chi connectivity index (χ3v) is 12.3. The van der Waals surface area contributed by atoms with E-state index >= 15 is 0 Å². The molecule has 2 aliphatic rings. The predicted octanol–water partition coefficient (Wildman–Crippen LogP) is 11.5. The monoisotopic (exact) mass is 688 g/mol. The fraction of sp³-hybridized carbons (Fsp3) is 0.0476. The lowest BCUT2D eigenvalue weighted by Crippen LogP contribution is -2.05. The molecule has 6 aromatic carbocycles. The summed E-state index contributed by atoms with van der Waals surface area (Å²) in [6, 6.07) is 50.2. The smallest absolute Gasteiger partial charge is 0.421 e. The van der Waals surface area contributed by atoms with Crippen molar-refractivity contribution in [3.05, 3.63) is 181 Å². The Bertz CT molecular complexity index is 2560. The number of para-hydroxylation sites is 2. The Labute approximate surface area is 292 Å². The van der Waals surface area contributed by atoms with E-state index in [4.69, 9.17) is 18.1 Å². The number of rotatable bonds is 5. The largest absolute Gasteiger partial charge is 0.423 e. The van der Waals surface area contributed by atoms with Gasteiger partial charge in [0.05, 0.1) is 0 Å². The van der Waals surface area contributed by atoms with Gasteiger partial charge in [-0.05, 0) is 81.7 Å². The minimum atomic E-state index is -1.55. The van der Waals surface area contributed by atoms with Crippen molar-refractivity contribution in [1.82, 2.24) is 8.68 Å². The molecule has 0 N–H and O–H groups in total. The summed E-state index contributed by atoms with van der Waals surface area (Å²) >= 11 is 0. The Kier molecular flexibility index (Phi) is 7.11. The average Bonchev–Trinajstić information content (AvgIpc) is 3.75. The lowest BCUT2D eigenvalue weighted by Gasteiger charge is -2.23. The maximum Gasteiger partial charge on any atom is 0.421 e. The molecule has 0 saturated carbocycles. The van der Waals surface area contributed by atoms with Crippen LogP contribution in [0.5, 0.6) is 23.0 Å². The van der Waals surface area contributed by atoms with E-state index in [1.165, 1.54) is 0 Å². The van der Waals surface area contributed by atoms with Crippen LogP contribution in [0.3, 0.4) is 0 Å². The maximum atomic E-state index is 7.04. The molecule has 10 rings (SSSR count). The standard InChI is InChI=1S/C42H30N2O4P2/c1-6-18-37-29(11-1)21-22-41(48-50-44-24-10-16-34(44)26-32-14-4-8-20-40(32)47-50)42(37)38-28-35(27-30-12-2-5-17-36(30)38)45-49-43-23-9-15-33(43)25-31-13-3-7-19-39(31)46-49/h1-24,27-28H,25-26H2. The second-order valence-corrected chi connectivity index (χ2v) is 15.0. The molecule has 0 bridgehead atoms. The number of hydrogen-bond donors (Lipinski definition) is 0. The Hall–Kier alpha value is -5.54. The lowest BCUT2D eigenvalue weighted by atomic mass is 9.93. The normalized spacial score (nSPS) is 16.2. The molecule has 0 saturated heterocycles. The van der Waals surface area contributed by atoms with Crippen LogP contribution in [0.15, 0.2) is 158 Å². The summed E-state index contributed by atoms with van der Waals surface area (Å²) in [6.45, 7) is 0. The first-order valence-corrected chi connectivity index (χ1v) is 18.9. The molecule has 242 valence electrons. The molecule has 2 unspecified atom stereocenters. The highest BCUT2D eigenvalue weighted by Crippen LogP contribution is 2.52. The van der Waals surface area contributed by atoms with Gasteiger partial charge in [0, 0.05) is 53.3 Å². The summed E-state index contributed by atoms with van der Waals surface area (Å²) in [6.07, 6.45) is 5.66. The highest BCUT2D eigenvalue weighted by atomic mass is 31.2. The summed E-state index contributed by atoms with van der Waals surface area (Å²) in [5, 5.41) is 4.37. The van der Waals surface area contributed by atoms with Crippen LogP contribution >= 0.6 is 17.1 Å². The summed E-state index contributed by atoms with van der Waals surface area (Å²) in [4.78, 5) is 0. The second-order valence-electron chi connectivity index (χ2n) is 12.4. The van der Waals surface area contributed by atoms with E-state index in [-0.39, 0.29) is 0 Å². The molecular formula is C42H30N2O4P2. The second kappa shape index (κ2) is 12.1. The summed E-state index contributed by atoms with van der Waals surface area (Å²) in [5.74, 6) is 3.17. The van der Waals surface area contributed by atoms with E-state index in [2.05, 4.69) is 136 Å². The van der Waals surface area contributed by atoms with Gasteiger partial charge in [-0.3, -0.25) is 8.68 Å². The van der Waals surface area contributed by atoms with Crippen molar-refractivity contribution in [3.8, 4) is 34.1 Å². The summed E-state index contributed by atoms with van der Waals surface area (Å²) < 4.78 is 31.5. The van der Waals surface area contributed by atoms with Gasteiger partial charge in [-0.25, -0.2) is 0 Å². The van der Waals surface area contributed by atoms with Gasteiger partial charge in [-0.2, -0.15) is 0 Å². The third-order valence-electron chi connectivity index (χ3n) is 9.37. The Balaban J connectivity index is 1.12. The molecule has 2 aliphatic heterocycles. The van der Waals surface area contributed by atoms with Gasteiger partial charge in [-0.1, -0.05) is 91.0 Å². The van der Waals surface area contributed by atoms with Gasteiger partial charge in [0.1, 0.15) is 23.0 Å². The Morgan fingerprint density at radius 1 is 0.500 bits per heavy atom. The van der Waals surface area contributed by atoms with Crippen LogP contribution < -0.4 is 18.1 Å². The zero-order valence-electron chi connectivity index (χ0n) is 26.8. The number of nitrogens with zero attached hydrogens (tertiary/aromatic N) is 2. The molecule has 6 nitrogen and oxygen atoms in total. The third kappa shape index (κ3) is 5.11. The molecule has 2 atom stereocenters. The van der Waals surface area contributed by atoms with Crippen molar-refractivity contribution < 1.29 is 18.1 Å². The Morgan fingerprint density at radius 2 is 1.08 bits per heavy atom. The number of fused-ring (bicyclic) bond motifs is 6. The van der Waals surface area contributed by atoms with Crippen LogP contribution in [0.1, 0.15) is 22.5 Å². The van der Waals surface area contributed by atoms with Crippen LogP contribution in [-0.2, 0) is 12.8 Å². The first kappa shape index (κ1) is 29.4. The zero-order valence-corrected chi connectivity index (χ0v) is 28.6. The van der Waals surface area contributed by atoms with Gasteiger partial charge >= 0.3 is 17.1 Å². The van der Waals surface area contributed by atoms with Crippen molar-refractivity contribution in [3.63, 3.8) is 0 Å². The van der Waals surface area contributed by atoms with Crippen LogP contribution in [0.2, 0.25) is 0 Å². The first-order valence-electron chi connectivity index (χ1n) is 16.6. The van der Waals surface area contributed by atoms with Crippen LogP contribution in [0.4, 0.5) is 0 Å². The molecule has 8 aromatic rings. The van der Waals surface area contributed by atoms with E-state index in [1.807, 2.05) is 30.5 Å². The topological polar surface area (TPSA) is 46.8 Å². The summed E-state index contributed by atoms with van der Waals surface area (Å²) in [7, 11) is -3.07.